The van der Waals surface area contributed by atoms with Gasteiger partial charge in [0.2, 0.25) is 0 Å². The quantitative estimate of drug-likeness (QED) is 0.290. The van der Waals surface area contributed by atoms with E-state index in [1.807, 2.05) is 0 Å². The van der Waals surface area contributed by atoms with Gasteiger partial charge in [-0.25, -0.2) is 0 Å². The van der Waals surface area contributed by atoms with Crippen LogP contribution in [0.2, 0.25) is 0 Å². The van der Waals surface area contributed by atoms with Crippen molar-refractivity contribution in [2.24, 2.45) is 0 Å². The van der Waals surface area contributed by atoms with Crippen LogP contribution in [0.5, 0.6) is 0 Å². The molecule has 0 bridgehead atoms. The molecule has 1 saturated heterocycles. The van der Waals surface area contributed by atoms with Crippen molar-refractivity contribution in [2.45, 2.75) is 24.5 Å². The maximum atomic E-state index is 9.06. The van der Waals surface area contributed by atoms with Crippen LogP contribution >= 0.6 is 0 Å². The summed E-state index contributed by atoms with van der Waals surface area (Å²) in [6.07, 6.45) is -3.48. The Kier molecular flexibility index (Phi) is 2.22. The standard InChI is InChI=1S/C5H11NO4/c6-2-1-10-5(9)4(8)3(2)7/h2-5,7-9H,1,6H2/p+1/t2-,3-,4+,5-/m0/s1. The molecule has 0 aliphatic carbocycles. The van der Waals surface area contributed by atoms with Gasteiger partial charge in [-0.2, -0.15) is 0 Å². The smallest absolute Gasteiger partial charge is 0.183 e. The third-order valence-corrected chi connectivity index (χ3v) is 1.61. The lowest BCUT2D eigenvalue weighted by Crippen LogP contribution is -2.74. The van der Waals surface area contributed by atoms with Crippen molar-refractivity contribution < 1.29 is 25.8 Å². The largest absolute Gasteiger partial charge is 0.385 e. The first-order valence-corrected chi connectivity index (χ1v) is 3.12. The molecule has 1 rings (SSSR count). The van der Waals surface area contributed by atoms with Gasteiger partial charge in [-0.1, -0.05) is 0 Å². The van der Waals surface area contributed by atoms with E-state index >= 15 is 0 Å². The second-order valence-electron chi connectivity index (χ2n) is 2.47. The number of aliphatic hydroxyl groups is 3. The van der Waals surface area contributed by atoms with Crippen LogP contribution in [0.25, 0.3) is 0 Å². The molecule has 0 unspecified atom stereocenters. The summed E-state index contributed by atoms with van der Waals surface area (Å²) in [5, 5.41) is 26.8. The molecule has 0 spiro atoms. The van der Waals surface area contributed by atoms with Gasteiger partial charge in [-0.3, -0.25) is 0 Å². The van der Waals surface area contributed by atoms with Gasteiger partial charge in [0.25, 0.3) is 0 Å². The second kappa shape index (κ2) is 2.81. The Morgan fingerprint density at radius 2 is 1.80 bits per heavy atom. The summed E-state index contributed by atoms with van der Waals surface area (Å²) in [6.45, 7) is 0.180. The second-order valence-corrected chi connectivity index (χ2v) is 2.47. The Bertz CT molecular complexity index is 106. The van der Waals surface area contributed by atoms with Gasteiger partial charge in [0, 0.05) is 0 Å². The van der Waals surface area contributed by atoms with E-state index in [0.29, 0.717) is 0 Å². The van der Waals surface area contributed by atoms with E-state index in [9.17, 15) is 0 Å². The predicted molar refractivity (Wildman–Crippen MR) is 30.6 cm³/mol. The SMILES string of the molecule is [NH3+][C@H]1CO[C@H](O)[C@H](O)[C@H]1O. The molecule has 6 N–H and O–H groups in total. The third-order valence-electron chi connectivity index (χ3n) is 1.61. The van der Waals surface area contributed by atoms with E-state index < -0.39 is 18.5 Å². The van der Waals surface area contributed by atoms with E-state index in [0.717, 1.165) is 0 Å². The van der Waals surface area contributed by atoms with Crippen LogP contribution in [0.4, 0.5) is 0 Å². The molecule has 5 heteroatoms. The van der Waals surface area contributed by atoms with Gasteiger partial charge in [0.05, 0.1) is 0 Å². The van der Waals surface area contributed by atoms with Crippen molar-refractivity contribution in [1.29, 1.82) is 0 Å². The van der Waals surface area contributed by atoms with Crippen molar-refractivity contribution in [2.75, 3.05) is 6.61 Å². The van der Waals surface area contributed by atoms with Crippen LogP contribution in [0.15, 0.2) is 0 Å². The Morgan fingerprint density at radius 3 is 2.30 bits per heavy atom. The molecule has 1 fully saturated rings. The summed E-state index contributed by atoms with van der Waals surface area (Å²) >= 11 is 0. The van der Waals surface area contributed by atoms with Gasteiger partial charge < -0.3 is 25.8 Å². The first-order valence-electron chi connectivity index (χ1n) is 3.12. The highest BCUT2D eigenvalue weighted by Crippen LogP contribution is 2.10. The van der Waals surface area contributed by atoms with Crippen molar-refractivity contribution in [3.63, 3.8) is 0 Å². The van der Waals surface area contributed by atoms with Gasteiger partial charge in [0.1, 0.15) is 24.9 Å². The highest BCUT2D eigenvalue weighted by atomic mass is 16.6. The fraction of sp³-hybridized carbons (Fsp3) is 1.00. The van der Waals surface area contributed by atoms with Crippen LogP contribution in [-0.4, -0.2) is 46.5 Å². The fourth-order valence-corrected chi connectivity index (χ4v) is 0.867. The minimum Gasteiger partial charge on any atom is -0.385 e. The predicted octanol–water partition coefficient (Wildman–Crippen LogP) is -3.33. The highest BCUT2D eigenvalue weighted by molar-refractivity contribution is 4.80. The fourth-order valence-electron chi connectivity index (χ4n) is 0.867. The van der Waals surface area contributed by atoms with Crippen LogP contribution in [0.1, 0.15) is 0 Å². The normalized spacial score (nSPS) is 49.2. The van der Waals surface area contributed by atoms with E-state index in [4.69, 9.17) is 15.3 Å². The van der Waals surface area contributed by atoms with Crippen LogP contribution in [0, 0.1) is 0 Å². The molecule has 5 nitrogen and oxygen atoms in total. The molecule has 4 atom stereocenters. The summed E-state index contributed by atoms with van der Waals surface area (Å²) in [6, 6.07) is -0.363. The molecule has 1 aliphatic rings. The van der Waals surface area contributed by atoms with Crippen molar-refractivity contribution in [3.05, 3.63) is 0 Å². The van der Waals surface area contributed by atoms with Crippen molar-refractivity contribution in [1.82, 2.24) is 0 Å². The molecule has 0 amide bonds. The summed E-state index contributed by atoms with van der Waals surface area (Å²) in [4.78, 5) is 0. The maximum absolute atomic E-state index is 9.06. The number of quaternary nitrogens is 1. The molecule has 0 saturated carbocycles. The molecule has 1 heterocycles. The highest BCUT2D eigenvalue weighted by Gasteiger charge is 2.37. The number of hydrogen-bond acceptors (Lipinski definition) is 4. The Balaban J connectivity index is 2.52. The van der Waals surface area contributed by atoms with Gasteiger partial charge in [-0.15, -0.1) is 0 Å². The van der Waals surface area contributed by atoms with Gasteiger partial charge in [0.15, 0.2) is 6.29 Å². The van der Waals surface area contributed by atoms with Crippen molar-refractivity contribution in [3.8, 4) is 0 Å². The lowest BCUT2D eigenvalue weighted by atomic mass is 10.0. The van der Waals surface area contributed by atoms with Crippen LogP contribution in [0.3, 0.4) is 0 Å². The Labute approximate surface area is 58.0 Å². The molecule has 0 radical (unpaired) electrons. The van der Waals surface area contributed by atoms with Gasteiger partial charge >= 0.3 is 0 Å². The van der Waals surface area contributed by atoms with E-state index in [-0.39, 0.29) is 12.6 Å². The molecule has 0 aromatic heterocycles. The zero-order valence-electron chi connectivity index (χ0n) is 5.47. The van der Waals surface area contributed by atoms with E-state index in [1.54, 1.807) is 0 Å². The van der Waals surface area contributed by atoms with E-state index in [2.05, 4.69) is 10.5 Å². The summed E-state index contributed by atoms with van der Waals surface area (Å²) < 4.78 is 4.66. The minimum absolute atomic E-state index is 0.180. The van der Waals surface area contributed by atoms with Crippen molar-refractivity contribution >= 4 is 0 Å². The van der Waals surface area contributed by atoms with E-state index in [1.165, 1.54) is 0 Å². The molecule has 0 aromatic carbocycles. The molecular formula is C5H12NO4+. The molecule has 60 valence electrons. The number of ether oxygens (including phenoxy) is 1. The van der Waals surface area contributed by atoms with Crippen LogP contribution in [-0.2, 0) is 4.74 Å². The zero-order chi connectivity index (χ0) is 7.72. The molecule has 0 aromatic rings. The first kappa shape index (κ1) is 7.90. The lowest BCUT2D eigenvalue weighted by molar-refractivity contribution is -0.468. The third kappa shape index (κ3) is 1.28. The average Bonchev–Trinajstić information content (AvgIpc) is 1.93. The Hall–Kier alpha value is -0.200. The topological polar surface area (TPSA) is 97.6 Å². The first-order chi connectivity index (χ1) is 4.63. The zero-order valence-corrected chi connectivity index (χ0v) is 5.47. The number of hydrogen-bond donors (Lipinski definition) is 4. The average molecular weight is 150 g/mol. The lowest BCUT2D eigenvalue weighted by Gasteiger charge is -2.30. The number of aliphatic hydroxyl groups excluding tert-OH is 3. The Morgan fingerprint density at radius 1 is 1.20 bits per heavy atom. The van der Waals surface area contributed by atoms with Gasteiger partial charge in [-0.05, 0) is 0 Å². The minimum atomic E-state index is -1.27. The maximum Gasteiger partial charge on any atom is 0.183 e. The monoisotopic (exact) mass is 150 g/mol. The summed E-state index contributed by atoms with van der Waals surface area (Å²) in [7, 11) is 0. The summed E-state index contributed by atoms with van der Waals surface area (Å²) in [5.41, 5.74) is 3.52. The summed E-state index contributed by atoms with van der Waals surface area (Å²) in [5.74, 6) is 0. The molecule has 10 heavy (non-hydrogen) atoms. The molecule has 1 aliphatic heterocycles. The van der Waals surface area contributed by atoms with Crippen LogP contribution < -0.4 is 5.73 Å². The molecular weight excluding hydrogens is 138 g/mol. The number of rotatable bonds is 0.